The number of imidazole rings is 1. The number of carbonyl (C=O) groups excluding carboxylic acids is 1. The number of anilines is 3. The van der Waals surface area contributed by atoms with Gasteiger partial charge in [-0.25, -0.2) is 18.7 Å². The second-order valence-corrected chi connectivity index (χ2v) is 8.82. The molecule has 1 aliphatic carbocycles. The van der Waals surface area contributed by atoms with Gasteiger partial charge in [0.15, 0.2) is 5.65 Å². The van der Waals surface area contributed by atoms with Crippen molar-refractivity contribution < 1.29 is 13.6 Å². The van der Waals surface area contributed by atoms with Gasteiger partial charge >= 0.3 is 0 Å². The lowest BCUT2D eigenvalue weighted by molar-refractivity contribution is -0.127. The molecule has 0 spiro atoms. The Morgan fingerprint density at radius 2 is 1.85 bits per heavy atom. The predicted octanol–water partition coefficient (Wildman–Crippen LogP) is 4.39. The highest BCUT2D eigenvalue weighted by molar-refractivity contribution is 5.77. The van der Waals surface area contributed by atoms with Crippen molar-refractivity contribution in [2.24, 2.45) is 0 Å². The topological polar surface area (TPSA) is 88.0 Å². The maximum atomic E-state index is 14.4. The molecular formula is C23H27F2N7O. The number of halogens is 2. The van der Waals surface area contributed by atoms with Gasteiger partial charge < -0.3 is 15.5 Å². The predicted molar refractivity (Wildman–Crippen MR) is 121 cm³/mol. The van der Waals surface area contributed by atoms with Crippen LogP contribution in [0.2, 0.25) is 0 Å². The summed E-state index contributed by atoms with van der Waals surface area (Å²) in [4.78, 5) is 27.4. The molecule has 1 saturated carbocycles. The Kier molecular flexibility index (Phi) is 5.82. The molecule has 3 aromatic rings. The third kappa shape index (κ3) is 4.34. The summed E-state index contributed by atoms with van der Waals surface area (Å²) in [6.45, 7) is 2.62. The van der Waals surface area contributed by atoms with Crippen LogP contribution in [0.3, 0.4) is 0 Å². The third-order valence-corrected chi connectivity index (χ3v) is 6.54. The summed E-state index contributed by atoms with van der Waals surface area (Å²) in [5.74, 6) is -0.646. The van der Waals surface area contributed by atoms with Gasteiger partial charge in [0.25, 0.3) is 0 Å². The summed E-state index contributed by atoms with van der Waals surface area (Å²) in [6, 6.07) is 3.90. The molecule has 3 heterocycles. The zero-order chi connectivity index (χ0) is 22.9. The van der Waals surface area contributed by atoms with Crippen LogP contribution in [0.4, 0.5) is 26.4 Å². The highest BCUT2D eigenvalue weighted by atomic mass is 19.1. The fourth-order valence-corrected chi connectivity index (χ4v) is 4.79. The first-order valence-electron chi connectivity index (χ1n) is 11.5. The van der Waals surface area contributed by atoms with Crippen LogP contribution in [0.25, 0.3) is 11.2 Å². The van der Waals surface area contributed by atoms with Gasteiger partial charge in [-0.05, 0) is 31.4 Å². The summed E-state index contributed by atoms with van der Waals surface area (Å²) in [5.41, 5.74) is 0.812. The molecule has 174 valence electrons. The van der Waals surface area contributed by atoms with E-state index in [9.17, 15) is 13.6 Å². The number of fused-ring (bicyclic) bond motifs is 1. The van der Waals surface area contributed by atoms with E-state index >= 15 is 0 Å². The maximum absolute atomic E-state index is 14.4. The first kappa shape index (κ1) is 21.5. The van der Waals surface area contributed by atoms with Gasteiger partial charge in [-0.3, -0.25) is 9.36 Å². The zero-order valence-electron chi connectivity index (χ0n) is 18.5. The molecular weight excluding hydrogens is 428 g/mol. The number of likely N-dealkylation sites (tertiary alicyclic amines) is 1. The molecule has 1 amide bonds. The lowest BCUT2D eigenvalue weighted by Crippen LogP contribution is -2.26. The van der Waals surface area contributed by atoms with Gasteiger partial charge in [-0.15, -0.1) is 0 Å². The molecule has 2 fully saturated rings. The minimum atomic E-state index is -0.712. The molecule has 0 bridgehead atoms. The van der Waals surface area contributed by atoms with Crippen LogP contribution in [0.15, 0.2) is 24.4 Å². The lowest BCUT2D eigenvalue weighted by atomic mass is 9.96. The van der Waals surface area contributed by atoms with Crippen molar-refractivity contribution in [1.82, 2.24) is 24.4 Å². The van der Waals surface area contributed by atoms with E-state index in [2.05, 4.69) is 20.6 Å². The number of amides is 1. The van der Waals surface area contributed by atoms with Crippen LogP contribution in [0, 0.1) is 11.6 Å². The molecule has 2 aromatic heterocycles. The Balaban J connectivity index is 1.54. The molecule has 2 aliphatic rings. The second kappa shape index (κ2) is 8.92. The second-order valence-electron chi connectivity index (χ2n) is 8.82. The summed E-state index contributed by atoms with van der Waals surface area (Å²) < 4.78 is 30.6. The first-order chi connectivity index (χ1) is 16.0. The normalized spacial score (nSPS) is 19.2. The van der Waals surface area contributed by atoms with Crippen LogP contribution < -0.4 is 10.6 Å². The number of carbonyl (C=O) groups is 1. The highest BCUT2D eigenvalue weighted by Gasteiger charge is 2.30. The van der Waals surface area contributed by atoms with Crippen molar-refractivity contribution >= 4 is 34.7 Å². The van der Waals surface area contributed by atoms with Gasteiger partial charge in [-0.2, -0.15) is 4.98 Å². The Morgan fingerprint density at radius 3 is 2.55 bits per heavy atom. The largest absolute Gasteiger partial charge is 0.351 e. The summed E-state index contributed by atoms with van der Waals surface area (Å²) in [5, 5.41) is 6.26. The fourth-order valence-electron chi connectivity index (χ4n) is 4.79. The number of para-hydroxylation sites is 1. The molecule has 0 unspecified atom stereocenters. The van der Waals surface area contributed by atoms with Crippen molar-refractivity contribution in [2.45, 2.75) is 57.5 Å². The van der Waals surface area contributed by atoms with Gasteiger partial charge in [0.05, 0.1) is 12.2 Å². The van der Waals surface area contributed by atoms with E-state index in [0.29, 0.717) is 42.7 Å². The molecule has 0 radical (unpaired) electrons. The van der Waals surface area contributed by atoms with E-state index < -0.39 is 11.6 Å². The van der Waals surface area contributed by atoms with Crippen LogP contribution in [0.1, 0.15) is 51.5 Å². The Morgan fingerprint density at radius 1 is 1.09 bits per heavy atom. The molecule has 1 atom stereocenters. The molecule has 1 aliphatic heterocycles. The summed E-state index contributed by atoms with van der Waals surface area (Å²) >= 11 is 0. The minimum Gasteiger partial charge on any atom is -0.351 e. The molecule has 1 aromatic carbocycles. The van der Waals surface area contributed by atoms with Gasteiger partial charge in [0.1, 0.15) is 22.8 Å². The quantitative estimate of drug-likeness (QED) is 0.594. The molecule has 2 N–H and O–H groups in total. The van der Waals surface area contributed by atoms with Gasteiger partial charge in [0.2, 0.25) is 17.8 Å². The van der Waals surface area contributed by atoms with Crippen molar-refractivity contribution in [3.05, 3.63) is 36.0 Å². The first-order valence-corrected chi connectivity index (χ1v) is 11.5. The fraction of sp³-hybridized carbons (Fsp3) is 0.478. The number of benzene rings is 1. The summed E-state index contributed by atoms with van der Waals surface area (Å²) in [7, 11) is 0. The van der Waals surface area contributed by atoms with Gasteiger partial charge in [0, 0.05) is 26.1 Å². The minimum absolute atomic E-state index is 0.00846. The smallest absolute Gasteiger partial charge is 0.224 e. The number of hydrogen-bond acceptors (Lipinski definition) is 6. The van der Waals surface area contributed by atoms with Crippen LogP contribution in [0.5, 0.6) is 0 Å². The lowest BCUT2D eigenvalue weighted by Gasteiger charge is -2.22. The Bertz CT molecular complexity index is 1150. The van der Waals surface area contributed by atoms with E-state index in [1.807, 2.05) is 4.57 Å². The van der Waals surface area contributed by atoms with E-state index in [-0.39, 0.29) is 23.6 Å². The number of nitrogens with one attached hydrogen (secondary N) is 2. The van der Waals surface area contributed by atoms with Crippen molar-refractivity contribution in [3.63, 3.8) is 0 Å². The average Bonchev–Trinajstić information content (AvgIpc) is 3.41. The van der Waals surface area contributed by atoms with Crippen molar-refractivity contribution in [1.29, 1.82) is 0 Å². The van der Waals surface area contributed by atoms with Crippen LogP contribution >= 0.6 is 0 Å². The maximum Gasteiger partial charge on any atom is 0.224 e. The molecule has 5 rings (SSSR count). The van der Waals surface area contributed by atoms with E-state index in [4.69, 9.17) is 4.98 Å². The van der Waals surface area contributed by atoms with E-state index in [0.717, 1.165) is 12.8 Å². The highest BCUT2D eigenvalue weighted by Crippen LogP contribution is 2.33. The van der Waals surface area contributed by atoms with Crippen molar-refractivity contribution in [2.75, 3.05) is 23.7 Å². The molecule has 33 heavy (non-hydrogen) atoms. The summed E-state index contributed by atoms with van der Waals surface area (Å²) in [6.07, 6.45) is 8.10. The van der Waals surface area contributed by atoms with Gasteiger partial charge in [-0.1, -0.05) is 25.3 Å². The van der Waals surface area contributed by atoms with Crippen LogP contribution in [-0.2, 0) is 4.79 Å². The van der Waals surface area contributed by atoms with E-state index in [1.54, 1.807) is 11.1 Å². The Labute approximate surface area is 190 Å². The Hall–Kier alpha value is -3.30. The number of hydrogen-bond donors (Lipinski definition) is 2. The number of rotatable bonds is 5. The molecule has 8 nitrogen and oxygen atoms in total. The third-order valence-electron chi connectivity index (χ3n) is 6.54. The van der Waals surface area contributed by atoms with Crippen LogP contribution in [-0.4, -0.2) is 49.5 Å². The standard InChI is InChI=1S/C23H27F2N7O/c1-14(33)31-11-10-16(13-31)32-21-19(12-26-22(30-21)27-15-6-3-2-4-7-15)28-23(32)29-20-17(24)8-5-9-18(20)25/h5,8-9,12,15-16H,2-4,6-7,10-11,13H2,1H3,(H,28,29)(H,26,27,30)/t16-/m0/s1. The SMILES string of the molecule is CC(=O)N1CC[C@H](n2c(Nc3c(F)cccc3F)nc3cnc(NC4CCCCC4)nc32)C1. The number of nitrogens with zero attached hydrogens (tertiary/aromatic N) is 5. The number of aromatic nitrogens is 4. The zero-order valence-corrected chi connectivity index (χ0v) is 18.5. The van der Waals surface area contributed by atoms with Crippen molar-refractivity contribution in [3.8, 4) is 0 Å². The molecule has 10 heteroatoms. The average molecular weight is 456 g/mol. The van der Waals surface area contributed by atoms with E-state index in [1.165, 1.54) is 44.4 Å². The monoisotopic (exact) mass is 455 g/mol. The molecule has 1 saturated heterocycles.